The number of halogens is 1. The van der Waals surface area contributed by atoms with Gasteiger partial charge in [0.25, 0.3) is 0 Å². The minimum absolute atomic E-state index is 0.403. The Bertz CT molecular complexity index is 902. The summed E-state index contributed by atoms with van der Waals surface area (Å²) in [6.07, 6.45) is 0. The van der Waals surface area contributed by atoms with Crippen molar-refractivity contribution in [2.45, 2.75) is 26.9 Å². The molecule has 2 aliphatic heterocycles. The summed E-state index contributed by atoms with van der Waals surface area (Å²) in [6.45, 7) is 14.3. The van der Waals surface area contributed by atoms with E-state index in [1.54, 1.807) is 4.90 Å². The Kier molecular flexibility index (Phi) is 11.6. The van der Waals surface area contributed by atoms with Gasteiger partial charge in [0.1, 0.15) is 0 Å². The van der Waals surface area contributed by atoms with E-state index in [-0.39, 0.29) is 0 Å². The van der Waals surface area contributed by atoms with Crippen molar-refractivity contribution in [2.24, 2.45) is 0 Å². The molecule has 2 fully saturated rings. The fourth-order valence-corrected chi connectivity index (χ4v) is 4.33. The second-order valence-electron chi connectivity index (χ2n) is 8.59. The average molecular weight is 503 g/mol. The van der Waals surface area contributed by atoms with Gasteiger partial charge in [-0.2, -0.15) is 0 Å². The number of morpholine rings is 2. The summed E-state index contributed by atoms with van der Waals surface area (Å²) in [5, 5.41) is 2.95. The average Bonchev–Trinajstić information content (AvgIpc) is 2.92. The van der Waals surface area contributed by atoms with Crippen LogP contribution in [0.15, 0.2) is 48.5 Å². The molecule has 0 spiro atoms. The highest BCUT2D eigenvalue weighted by Crippen LogP contribution is 2.19. The van der Waals surface area contributed by atoms with E-state index in [0.29, 0.717) is 13.1 Å². The van der Waals surface area contributed by atoms with Gasteiger partial charge >= 0.3 is 5.37 Å². The summed E-state index contributed by atoms with van der Waals surface area (Å²) in [5.41, 5.74) is 4.95. The number of amides is 1. The van der Waals surface area contributed by atoms with Crippen molar-refractivity contribution >= 4 is 28.3 Å². The number of ether oxygens (including phenoxy) is 2. The molecule has 0 atom stereocenters. The molecule has 1 amide bonds. The van der Waals surface area contributed by atoms with Gasteiger partial charge in [0.15, 0.2) is 0 Å². The maximum absolute atomic E-state index is 11.2. The van der Waals surface area contributed by atoms with Crippen molar-refractivity contribution in [3.05, 3.63) is 59.7 Å². The monoisotopic (exact) mass is 502 g/mol. The lowest BCUT2D eigenvalue weighted by Gasteiger charge is -2.29. The summed E-state index contributed by atoms with van der Waals surface area (Å²) >= 11 is 5.54. The quantitative estimate of drug-likeness (QED) is 0.428. The van der Waals surface area contributed by atoms with E-state index >= 15 is 0 Å². The van der Waals surface area contributed by atoms with Crippen molar-refractivity contribution in [1.29, 1.82) is 0 Å². The topological polar surface area (TPSA) is 57.3 Å². The lowest BCUT2D eigenvalue weighted by atomic mass is 10.1. The first-order chi connectivity index (χ1) is 17.1. The van der Waals surface area contributed by atoms with Gasteiger partial charge in [-0.1, -0.05) is 31.2 Å². The van der Waals surface area contributed by atoms with Crippen molar-refractivity contribution in [1.82, 2.24) is 10.2 Å². The van der Waals surface area contributed by atoms with Gasteiger partial charge in [-0.15, -0.1) is 0 Å². The predicted molar refractivity (Wildman–Crippen MR) is 144 cm³/mol. The van der Waals surface area contributed by atoms with Crippen molar-refractivity contribution in [2.75, 3.05) is 75.5 Å². The largest absolute Gasteiger partial charge is 0.378 e. The zero-order valence-electron chi connectivity index (χ0n) is 21.0. The van der Waals surface area contributed by atoms with Crippen LogP contribution in [0.2, 0.25) is 0 Å². The second-order valence-corrected chi connectivity index (χ2v) is 8.91. The lowest BCUT2D eigenvalue weighted by Crippen LogP contribution is -2.36. The third kappa shape index (κ3) is 9.00. The molecule has 2 aromatic rings. The van der Waals surface area contributed by atoms with Crippen LogP contribution >= 0.6 is 11.6 Å². The number of carbonyl (C=O) groups is 1. The molecule has 192 valence electrons. The maximum atomic E-state index is 11.2. The van der Waals surface area contributed by atoms with Crippen molar-refractivity contribution in [3.8, 4) is 0 Å². The van der Waals surface area contributed by atoms with Crippen LogP contribution in [0.3, 0.4) is 0 Å². The Morgan fingerprint density at radius 1 is 0.886 bits per heavy atom. The standard InChI is InChI=1S/C14H19ClN2O2.C13H20N2O/c1-2-16(14(15)18)11-12-4-3-5-13(10-12)17-6-8-19-9-7-17;1-2-14-11-12-4-3-5-13(10-12)15-6-8-16-9-7-15/h3-5,10H,2,6-9,11H2,1H3;3-5,10,14H,2,6-9,11H2,1H3. The van der Waals surface area contributed by atoms with Gasteiger partial charge in [0, 0.05) is 57.2 Å². The molecular weight excluding hydrogens is 464 g/mol. The number of carbonyl (C=O) groups excluding carboxylic acids is 1. The highest BCUT2D eigenvalue weighted by atomic mass is 35.5. The molecule has 2 aromatic carbocycles. The van der Waals surface area contributed by atoms with Crippen LogP contribution in [0.5, 0.6) is 0 Å². The Morgan fingerprint density at radius 3 is 1.89 bits per heavy atom. The first-order valence-electron chi connectivity index (χ1n) is 12.6. The van der Waals surface area contributed by atoms with Crippen LogP contribution in [-0.2, 0) is 22.6 Å². The third-order valence-corrected chi connectivity index (χ3v) is 6.40. The predicted octanol–water partition coefficient (Wildman–Crippen LogP) is 4.34. The third-order valence-electron chi connectivity index (χ3n) is 6.16. The van der Waals surface area contributed by atoms with Gasteiger partial charge in [0.2, 0.25) is 0 Å². The molecule has 1 N–H and O–H groups in total. The number of rotatable bonds is 8. The fourth-order valence-electron chi connectivity index (χ4n) is 4.15. The van der Waals surface area contributed by atoms with E-state index in [1.807, 2.05) is 19.1 Å². The van der Waals surface area contributed by atoms with Crippen molar-refractivity contribution in [3.63, 3.8) is 0 Å². The van der Waals surface area contributed by atoms with Gasteiger partial charge in [-0.25, -0.2) is 0 Å². The van der Waals surface area contributed by atoms with Crippen LogP contribution in [0, 0.1) is 0 Å². The van der Waals surface area contributed by atoms with Crippen molar-refractivity contribution < 1.29 is 14.3 Å². The smallest absolute Gasteiger partial charge is 0.316 e. The summed E-state index contributed by atoms with van der Waals surface area (Å²) in [5.74, 6) is 0. The molecular formula is C27H39ClN4O3. The molecule has 2 saturated heterocycles. The van der Waals surface area contributed by atoms with Crippen LogP contribution in [0.25, 0.3) is 0 Å². The minimum atomic E-state index is -0.403. The normalized spacial score (nSPS) is 15.9. The van der Waals surface area contributed by atoms with Gasteiger partial charge < -0.3 is 29.5 Å². The number of nitrogens with one attached hydrogen (secondary N) is 1. The number of nitrogens with zero attached hydrogens (tertiary/aromatic N) is 3. The van der Waals surface area contributed by atoms with E-state index in [0.717, 1.165) is 71.3 Å². The number of anilines is 2. The number of hydrogen-bond acceptors (Lipinski definition) is 6. The zero-order valence-corrected chi connectivity index (χ0v) is 21.8. The van der Waals surface area contributed by atoms with Crippen LogP contribution in [0.4, 0.5) is 16.2 Å². The van der Waals surface area contributed by atoms with Gasteiger partial charge in [0.05, 0.1) is 26.4 Å². The van der Waals surface area contributed by atoms with Crippen LogP contribution in [-0.4, -0.2) is 76.0 Å². The molecule has 0 saturated carbocycles. The highest BCUT2D eigenvalue weighted by molar-refractivity contribution is 6.62. The molecule has 0 bridgehead atoms. The molecule has 0 unspecified atom stereocenters. The molecule has 7 nitrogen and oxygen atoms in total. The fraction of sp³-hybridized carbons (Fsp3) is 0.519. The Balaban J connectivity index is 0.000000198. The first kappa shape index (κ1) is 27.3. The summed E-state index contributed by atoms with van der Waals surface area (Å²) in [4.78, 5) is 17.5. The molecule has 35 heavy (non-hydrogen) atoms. The van der Waals surface area contributed by atoms with E-state index in [2.05, 4.69) is 58.4 Å². The maximum Gasteiger partial charge on any atom is 0.316 e. The summed E-state index contributed by atoms with van der Waals surface area (Å²) < 4.78 is 10.7. The molecule has 4 rings (SSSR count). The molecule has 2 aliphatic rings. The van der Waals surface area contributed by atoms with E-state index in [1.165, 1.54) is 16.9 Å². The highest BCUT2D eigenvalue weighted by Gasteiger charge is 2.14. The molecule has 0 aliphatic carbocycles. The number of benzene rings is 2. The Hall–Kier alpha value is -2.32. The number of hydrogen-bond donors (Lipinski definition) is 1. The molecule has 8 heteroatoms. The van der Waals surface area contributed by atoms with Gasteiger partial charge in [-0.05, 0) is 60.5 Å². The van der Waals surface area contributed by atoms with E-state index in [9.17, 15) is 4.79 Å². The van der Waals surface area contributed by atoms with E-state index < -0.39 is 5.37 Å². The van der Waals surface area contributed by atoms with E-state index in [4.69, 9.17) is 21.1 Å². The molecule has 2 heterocycles. The Morgan fingerprint density at radius 2 is 1.40 bits per heavy atom. The molecule has 0 aromatic heterocycles. The van der Waals surface area contributed by atoms with Crippen LogP contribution in [0.1, 0.15) is 25.0 Å². The van der Waals surface area contributed by atoms with Gasteiger partial charge in [-0.3, -0.25) is 4.79 Å². The zero-order chi connectivity index (χ0) is 24.9. The molecule has 0 radical (unpaired) electrons. The first-order valence-corrected chi connectivity index (χ1v) is 13.0. The minimum Gasteiger partial charge on any atom is -0.378 e. The van der Waals surface area contributed by atoms with Crippen LogP contribution < -0.4 is 15.1 Å². The summed E-state index contributed by atoms with van der Waals surface area (Å²) in [6, 6.07) is 17.0. The lowest BCUT2D eigenvalue weighted by molar-refractivity contribution is 0.122. The SMILES string of the molecule is CCN(Cc1cccc(N2CCOCC2)c1)C(=O)Cl.CCNCc1cccc(N2CCOCC2)c1. The second kappa shape index (κ2) is 14.9. The Labute approximate surface area is 214 Å². The summed E-state index contributed by atoms with van der Waals surface area (Å²) in [7, 11) is 0.